The van der Waals surface area contributed by atoms with Crippen LogP contribution in [0, 0.1) is 11.3 Å². The van der Waals surface area contributed by atoms with Gasteiger partial charge in [-0.2, -0.15) is 0 Å². The van der Waals surface area contributed by atoms with Gasteiger partial charge in [-0.05, 0) is 17.9 Å². The molecule has 0 radical (unpaired) electrons. The molecule has 2 N–H and O–H groups in total. The fourth-order valence-electron chi connectivity index (χ4n) is 2.82. The van der Waals surface area contributed by atoms with E-state index >= 15 is 0 Å². The van der Waals surface area contributed by atoms with Gasteiger partial charge in [-0.3, -0.25) is 4.98 Å². The van der Waals surface area contributed by atoms with E-state index in [-0.39, 0.29) is 5.41 Å². The van der Waals surface area contributed by atoms with Crippen molar-refractivity contribution >= 4 is 0 Å². The Morgan fingerprint density at radius 2 is 1.76 bits per heavy atom. The second-order valence-corrected chi connectivity index (χ2v) is 5.10. The van der Waals surface area contributed by atoms with Gasteiger partial charge in [0.15, 0.2) is 0 Å². The predicted molar refractivity (Wildman–Crippen MR) is 66.4 cm³/mol. The van der Waals surface area contributed by atoms with Crippen LogP contribution in [0.1, 0.15) is 25.3 Å². The Labute approximate surface area is 102 Å². The molecule has 0 amide bonds. The van der Waals surface area contributed by atoms with Crippen molar-refractivity contribution in [1.82, 2.24) is 4.98 Å². The van der Waals surface area contributed by atoms with E-state index in [0.717, 1.165) is 17.1 Å². The largest absolute Gasteiger partial charge is 0.495 e. The molecule has 4 heteroatoms. The van der Waals surface area contributed by atoms with Crippen LogP contribution in [-0.2, 0) is 0 Å². The summed E-state index contributed by atoms with van der Waals surface area (Å²) in [6, 6.07) is 0. The summed E-state index contributed by atoms with van der Waals surface area (Å²) in [4.78, 5) is 4.11. The Balaban J connectivity index is 2.45. The molecule has 1 aliphatic rings. The first-order chi connectivity index (χ1) is 8.07. The van der Waals surface area contributed by atoms with Crippen molar-refractivity contribution in [2.45, 2.75) is 19.8 Å². The minimum atomic E-state index is 0.205. The van der Waals surface area contributed by atoms with Crippen molar-refractivity contribution in [2.24, 2.45) is 17.1 Å². The molecule has 0 aromatic carbocycles. The lowest BCUT2D eigenvalue weighted by molar-refractivity contribution is 0.379. The van der Waals surface area contributed by atoms with Gasteiger partial charge in [-0.1, -0.05) is 13.8 Å². The molecule has 1 heterocycles. The van der Waals surface area contributed by atoms with Crippen LogP contribution in [0.25, 0.3) is 0 Å². The fourth-order valence-corrected chi connectivity index (χ4v) is 2.82. The van der Waals surface area contributed by atoms with Crippen molar-refractivity contribution in [3.8, 4) is 11.5 Å². The number of pyridine rings is 1. The quantitative estimate of drug-likeness (QED) is 0.866. The maximum Gasteiger partial charge on any atom is 0.144 e. The maximum absolute atomic E-state index is 5.82. The normalized spacial score (nSPS) is 25.5. The third-order valence-electron chi connectivity index (χ3n) is 3.97. The van der Waals surface area contributed by atoms with E-state index in [1.807, 2.05) is 0 Å². The standard InChI is InChI=1S/C13H20N2O2/c1-13(2)8(5-14)12(13)11-9(16-3)6-15-7-10(11)17-4/h6-8,12H,5,14H2,1-4H3. The van der Waals surface area contributed by atoms with Crippen LogP contribution in [0.2, 0.25) is 0 Å². The fraction of sp³-hybridized carbons (Fsp3) is 0.615. The zero-order chi connectivity index (χ0) is 12.6. The third kappa shape index (κ3) is 1.76. The van der Waals surface area contributed by atoms with Crippen LogP contribution in [0.5, 0.6) is 11.5 Å². The van der Waals surface area contributed by atoms with E-state index in [2.05, 4.69) is 18.8 Å². The van der Waals surface area contributed by atoms with Gasteiger partial charge in [0.1, 0.15) is 11.5 Å². The molecule has 2 rings (SSSR count). The summed E-state index contributed by atoms with van der Waals surface area (Å²) < 4.78 is 10.8. The van der Waals surface area contributed by atoms with Crippen LogP contribution in [0.3, 0.4) is 0 Å². The van der Waals surface area contributed by atoms with E-state index in [9.17, 15) is 0 Å². The van der Waals surface area contributed by atoms with E-state index in [4.69, 9.17) is 15.2 Å². The molecule has 17 heavy (non-hydrogen) atoms. The summed E-state index contributed by atoms with van der Waals surface area (Å²) in [5.41, 5.74) is 7.13. The molecule has 2 atom stereocenters. The van der Waals surface area contributed by atoms with Crippen LogP contribution in [0.4, 0.5) is 0 Å². The van der Waals surface area contributed by atoms with Gasteiger partial charge in [-0.15, -0.1) is 0 Å². The van der Waals surface area contributed by atoms with Crippen molar-refractivity contribution < 1.29 is 9.47 Å². The second-order valence-electron chi connectivity index (χ2n) is 5.10. The minimum Gasteiger partial charge on any atom is -0.495 e. The highest BCUT2D eigenvalue weighted by Gasteiger charge is 2.59. The number of hydrogen-bond acceptors (Lipinski definition) is 4. The molecule has 1 fully saturated rings. The highest BCUT2D eigenvalue weighted by Crippen LogP contribution is 2.66. The van der Waals surface area contributed by atoms with Gasteiger partial charge < -0.3 is 15.2 Å². The monoisotopic (exact) mass is 236 g/mol. The van der Waals surface area contributed by atoms with Crippen LogP contribution < -0.4 is 15.2 Å². The van der Waals surface area contributed by atoms with Gasteiger partial charge >= 0.3 is 0 Å². The molecular formula is C13H20N2O2. The van der Waals surface area contributed by atoms with Gasteiger partial charge in [0, 0.05) is 11.5 Å². The first kappa shape index (κ1) is 12.2. The Morgan fingerprint density at radius 1 is 1.24 bits per heavy atom. The average Bonchev–Trinajstić information content (AvgIpc) is 2.89. The molecule has 2 unspecified atom stereocenters. The number of nitrogens with zero attached hydrogens (tertiary/aromatic N) is 1. The highest BCUT2D eigenvalue weighted by molar-refractivity contribution is 5.49. The molecule has 1 aromatic rings. The summed E-state index contributed by atoms with van der Waals surface area (Å²) in [7, 11) is 3.32. The molecule has 0 saturated heterocycles. The lowest BCUT2D eigenvalue weighted by atomic mass is 10.0. The number of ether oxygens (including phenoxy) is 2. The number of rotatable bonds is 4. The Bertz CT molecular complexity index is 396. The first-order valence-electron chi connectivity index (χ1n) is 5.83. The molecule has 0 aliphatic heterocycles. The number of nitrogens with two attached hydrogens (primary N) is 1. The Kier molecular flexibility index (Phi) is 3.00. The van der Waals surface area contributed by atoms with Gasteiger partial charge in [0.25, 0.3) is 0 Å². The van der Waals surface area contributed by atoms with Gasteiger partial charge in [-0.25, -0.2) is 0 Å². The lowest BCUT2D eigenvalue weighted by Gasteiger charge is -2.13. The van der Waals surface area contributed by atoms with Crippen LogP contribution in [0.15, 0.2) is 12.4 Å². The second kappa shape index (κ2) is 4.18. The van der Waals surface area contributed by atoms with E-state index in [0.29, 0.717) is 18.4 Å². The minimum absolute atomic E-state index is 0.205. The molecule has 0 bridgehead atoms. The summed E-state index contributed by atoms with van der Waals surface area (Å²) in [6.07, 6.45) is 3.47. The number of methoxy groups -OCH3 is 2. The summed E-state index contributed by atoms with van der Waals surface area (Å²) in [5.74, 6) is 2.45. The first-order valence-corrected chi connectivity index (χ1v) is 5.83. The summed E-state index contributed by atoms with van der Waals surface area (Å²) >= 11 is 0. The smallest absolute Gasteiger partial charge is 0.144 e. The lowest BCUT2D eigenvalue weighted by Crippen LogP contribution is -2.05. The van der Waals surface area contributed by atoms with Crippen molar-refractivity contribution in [3.05, 3.63) is 18.0 Å². The third-order valence-corrected chi connectivity index (χ3v) is 3.97. The van der Waals surface area contributed by atoms with Crippen molar-refractivity contribution in [2.75, 3.05) is 20.8 Å². The topological polar surface area (TPSA) is 57.4 Å². The van der Waals surface area contributed by atoms with Crippen molar-refractivity contribution in [3.63, 3.8) is 0 Å². The predicted octanol–water partition coefficient (Wildman–Crippen LogP) is 1.80. The average molecular weight is 236 g/mol. The molecule has 94 valence electrons. The Hall–Kier alpha value is -1.29. The maximum atomic E-state index is 5.82. The van der Waals surface area contributed by atoms with Gasteiger partial charge in [0.2, 0.25) is 0 Å². The van der Waals surface area contributed by atoms with E-state index in [1.165, 1.54) is 0 Å². The molecule has 1 aliphatic carbocycles. The number of aromatic nitrogens is 1. The molecule has 1 saturated carbocycles. The molecule has 1 aromatic heterocycles. The molecule has 4 nitrogen and oxygen atoms in total. The number of hydrogen-bond donors (Lipinski definition) is 1. The van der Waals surface area contributed by atoms with E-state index in [1.54, 1.807) is 26.6 Å². The summed E-state index contributed by atoms with van der Waals surface area (Å²) in [6.45, 7) is 5.15. The SMILES string of the molecule is COc1cncc(OC)c1C1C(CN)C1(C)C. The highest BCUT2D eigenvalue weighted by atomic mass is 16.5. The van der Waals surface area contributed by atoms with Crippen molar-refractivity contribution in [1.29, 1.82) is 0 Å². The van der Waals surface area contributed by atoms with Crippen LogP contribution >= 0.6 is 0 Å². The van der Waals surface area contributed by atoms with Gasteiger partial charge in [0.05, 0.1) is 26.6 Å². The van der Waals surface area contributed by atoms with Crippen LogP contribution in [-0.4, -0.2) is 25.7 Å². The van der Waals surface area contributed by atoms with E-state index < -0.39 is 0 Å². The zero-order valence-corrected chi connectivity index (χ0v) is 10.9. The Morgan fingerprint density at radius 3 is 2.12 bits per heavy atom. The molecular weight excluding hydrogens is 216 g/mol. The summed E-state index contributed by atoms with van der Waals surface area (Å²) in [5, 5.41) is 0. The molecule has 0 spiro atoms. The zero-order valence-electron chi connectivity index (χ0n) is 10.9.